The average molecular weight is 395 g/mol. The number of nitrogens with zero attached hydrogens (tertiary/aromatic N) is 3. The standard InChI is InChI=1S/C21H22FN5O2/c22-15-5-7-16(8-6-15)26-11-13-27(14-12-26)20(29)10-9-19(28)25-21-23-17-3-1-2-4-18(17)24-21/h1-8H,9-14H2,(H2,23,24,25,28). The minimum absolute atomic E-state index is 0.0384. The van der Waals surface area contributed by atoms with Gasteiger partial charge in [-0.1, -0.05) is 12.1 Å². The maximum absolute atomic E-state index is 13.1. The summed E-state index contributed by atoms with van der Waals surface area (Å²) in [5.41, 5.74) is 2.57. The van der Waals surface area contributed by atoms with Gasteiger partial charge in [0.25, 0.3) is 0 Å². The first-order valence-electron chi connectivity index (χ1n) is 9.61. The highest BCUT2D eigenvalue weighted by atomic mass is 19.1. The SMILES string of the molecule is O=C(CCC(=O)N1CCN(c2ccc(F)cc2)CC1)Nc1nc2ccccc2[nH]1. The number of carbonyl (C=O) groups excluding carboxylic acids is 2. The highest BCUT2D eigenvalue weighted by molar-refractivity contribution is 5.93. The van der Waals surface area contributed by atoms with E-state index in [0.29, 0.717) is 32.1 Å². The van der Waals surface area contributed by atoms with Crippen molar-refractivity contribution in [1.82, 2.24) is 14.9 Å². The van der Waals surface area contributed by atoms with Gasteiger partial charge in [-0.05, 0) is 36.4 Å². The zero-order chi connectivity index (χ0) is 20.2. The number of rotatable bonds is 5. The third kappa shape index (κ3) is 4.53. The molecular formula is C21H22FN5O2. The van der Waals surface area contributed by atoms with Crippen molar-refractivity contribution < 1.29 is 14.0 Å². The van der Waals surface area contributed by atoms with E-state index in [1.54, 1.807) is 17.0 Å². The van der Waals surface area contributed by atoms with E-state index < -0.39 is 0 Å². The van der Waals surface area contributed by atoms with Gasteiger partial charge in [-0.25, -0.2) is 9.37 Å². The lowest BCUT2D eigenvalue weighted by Gasteiger charge is -2.36. The summed E-state index contributed by atoms with van der Waals surface area (Å²) in [5.74, 6) is -0.161. The topological polar surface area (TPSA) is 81.3 Å². The molecule has 1 aromatic heterocycles. The Morgan fingerprint density at radius 1 is 1.00 bits per heavy atom. The van der Waals surface area contributed by atoms with Gasteiger partial charge in [0.15, 0.2) is 0 Å². The summed E-state index contributed by atoms with van der Waals surface area (Å²) in [6, 6.07) is 13.9. The molecular weight excluding hydrogens is 373 g/mol. The number of fused-ring (bicyclic) bond motifs is 1. The predicted molar refractivity (Wildman–Crippen MR) is 109 cm³/mol. The molecule has 150 valence electrons. The van der Waals surface area contributed by atoms with Crippen molar-refractivity contribution in [3.05, 3.63) is 54.3 Å². The van der Waals surface area contributed by atoms with Gasteiger partial charge in [0.1, 0.15) is 5.82 Å². The van der Waals surface area contributed by atoms with Crippen LogP contribution >= 0.6 is 0 Å². The molecule has 29 heavy (non-hydrogen) atoms. The Morgan fingerprint density at radius 2 is 1.72 bits per heavy atom. The minimum Gasteiger partial charge on any atom is -0.368 e. The Labute approximate surface area is 167 Å². The van der Waals surface area contributed by atoms with Crippen LogP contribution in [0.1, 0.15) is 12.8 Å². The van der Waals surface area contributed by atoms with Crippen molar-refractivity contribution in [1.29, 1.82) is 0 Å². The van der Waals surface area contributed by atoms with Gasteiger partial charge in [0.2, 0.25) is 17.8 Å². The molecule has 2 aromatic carbocycles. The molecule has 2 amide bonds. The van der Waals surface area contributed by atoms with Crippen LogP contribution < -0.4 is 10.2 Å². The molecule has 0 spiro atoms. The lowest BCUT2D eigenvalue weighted by molar-refractivity contribution is -0.133. The van der Waals surface area contributed by atoms with Crippen LogP contribution in [0.3, 0.4) is 0 Å². The van der Waals surface area contributed by atoms with E-state index in [-0.39, 0.29) is 30.5 Å². The van der Waals surface area contributed by atoms with Crippen molar-refractivity contribution in [3.63, 3.8) is 0 Å². The molecule has 0 radical (unpaired) electrons. The summed E-state index contributed by atoms with van der Waals surface area (Å²) in [6.07, 6.45) is 0.261. The monoisotopic (exact) mass is 395 g/mol. The molecule has 7 nitrogen and oxygen atoms in total. The van der Waals surface area contributed by atoms with Gasteiger partial charge in [-0.3, -0.25) is 14.9 Å². The number of H-pyrrole nitrogens is 1. The number of piperazine rings is 1. The van der Waals surface area contributed by atoms with Gasteiger partial charge in [-0.15, -0.1) is 0 Å². The van der Waals surface area contributed by atoms with Crippen molar-refractivity contribution in [3.8, 4) is 0 Å². The Bertz CT molecular complexity index is 976. The molecule has 8 heteroatoms. The molecule has 1 saturated heterocycles. The van der Waals surface area contributed by atoms with Crippen molar-refractivity contribution in [2.24, 2.45) is 0 Å². The highest BCUT2D eigenvalue weighted by Crippen LogP contribution is 2.18. The zero-order valence-electron chi connectivity index (χ0n) is 15.9. The Morgan fingerprint density at radius 3 is 2.45 bits per heavy atom. The first kappa shape index (κ1) is 18.9. The molecule has 0 saturated carbocycles. The third-order valence-corrected chi connectivity index (χ3v) is 5.04. The first-order valence-corrected chi connectivity index (χ1v) is 9.61. The second kappa shape index (κ2) is 8.30. The number of nitrogens with one attached hydrogen (secondary N) is 2. The van der Waals surface area contributed by atoms with Crippen molar-refractivity contribution >= 4 is 34.5 Å². The quantitative estimate of drug-likeness (QED) is 0.696. The van der Waals surface area contributed by atoms with E-state index in [4.69, 9.17) is 0 Å². The number of para-hydroxylation sites is 2. The zero-order valence-corrected chi connectivity index (χ0v) is 15.9. The molecule has 4 rings (SSSR count). The number of hydrogen-bond acceptors (Lipinski definition) is 4. The summed E-state index contributed by atoms with van der Waals surface area (Å²) in [4.78, 5) is 35.8. The van der Waals surface area contributed by atoms with Crippen LogP contribution in [0.25, 0.3) is 11.0 Å². The fourth-order valence-electron chi connectivity index (χ4n) is 3.45. The van der Waals surface area contributed by atoms with E-state index in [0.717, 1.165) is 16.7 Å². The second-order valence-corrected chi connectivity index (χ2v) is 6.99. The molecule has 1 aliphatic heterocycles. The van der Waals surface area contributed by atoms with E-state index in [2.05, 4.69) is 20.2 Å². The fourth-order valence-corrected chi connectivity index (χ4v) is 3.45. The van der Waals surface area contributed by atoms with Crippen LogP contribution in [0.4, 0.5) is 16.0 Å². The normalized spacial score (nSPS) is 14.2. The number of benzene rings is 2. The van der Waals surface area contributed by atoms with Gasteiger partial charge in [-0.2, -0.15) is 0 Å². The van der Waals surface area contributed by atoms with E-state index >= 15 is 0 Å². The van der Waals surface area contributed by atoms with Gasteiger partial charge in [0, 0.05) is 44.7 Å². The summed E-state index contributed by atoms with van der Waals surface area (Å²) in [5, 5.41) is 2.71. The summed E-state index contributed by atoms with van der Waals surface area (Å²) in [6.45, 7) is 2.54. The van der Waals surface area contributed by atoms with E-state index in [9.17, 15) is 14.0 Å². The largest absolute Gasteiger partial charge is 0.368 e. The van der Waals surface area contributed by atoms with Gasteiger partial charge in [0.05, 0.1) is 11.0 Å². The second-order valence-electron chi connectivity index (χ2n) is 6.99. The van der Waals surface area contributed by atoms with Crippen molar-refractivity contribution in [2.45, 2.75) is 12.8 Å². The van der Waals surface area contributed by atoms with Crippen molar-refractivity contribution in [2.75, 3.05) is 36.4 Å². The Kier molecular flexibility index (Phi) is 5.41. The lowest BCUT2D eigenvalue weighted by atomic mass is 10.2. The maximum Gasteiger partial charge on any atom is 0.227 e. The van der Waals surface area contributed by atoms with Crippen LogP contribution in [-0.4, -0.2) is 52.9 Å². The van der Waals surface area contributed by atoms with E-state index in [1.807, 2.05) is 24.3 Å². The minimum atomic E-state index is -0.261. The van der Waals surface area contributed by atoms with Crippen LogP contribution in [0.2, 0.25) is 0 Å². The van der Waals surface area contributed by atoms with Crippen LogP contribution in [0.15, 0.2) is 48.5 Å². The maximum atomic E-state index is 13.1. The average Bonchev–Trinajstić information content (AvgIpc) is 3.15. The molecule has 1 fully saturated rings. The van der Waals surface area contributed by atoms with Gasteiger partial charge < -0.3 is 14.8 Å². The smallest absolute Gasteiger partial charge is 0.227 e. The number of aromatic amines is 1. The molecule has 0 bridgehead atoms. The Hall–Kier alpha value is -3.42. The number of imidazole rings is 1. The molecule has 0 unspecified atom stereocenters. The van der Waals surface area contributed by atoms with Crippen LogP contribution in [-0.2, 0) is 9.59 Å². The highest BCUT2D eigenvalue weighted by Gasteiger charge is 2.22. The fraction of sp³-hybridized carbons (Fsp3) is 0.286. The van der Waals surface area contributed by atoms with Gasteiger partial charge >= 0.3 is 0 Å². The number of carbonyl (C=O) groups is 2. The molecule has 2 heterocycles. The molecule has 0 aliphatic carbocycles. The number of amides is 2. The molecule has 3 aromatic rings. The number of aromatic nitrogens is 2. The lowest BCUT2D eigenvalue weighted by Crippen LogP contribution is -2.48. The van der Waals surface area contributed by atoms with Crippen LogP contribution in [0.5, 0.6) is 0 Å². The third-order valence-electron chi connectivity index (χ3n) is 5.04. The number of halogens is 1. The number of anilines is 2. The predicted octanol–water partition coefficient (Wildman–Crippen LogP) is 2.77. The Balaban J connectivity index is 1.23. The van der Waals surface area contributed by atoms with E-state index in [1.165, 1.54) is 12.1 Å². The van der Waals surface area contributed by atoms with Crippen LogP contribution in [0, 0.1) is 5.82 Å². The summed E-state index contributed by atoms with van der Waals surface area (Å²) in [7, 11) is 0. The first-order chi connectivity index (χ1) is 14.1. The molecule has 2 N–H and O–H groups in total. The summed E-state index contributed by atoms with van der Waals surface area (Å²) >= 11 is 0. The molecule has 0 atom stereocenters. The summed E-state index contributed by atoms with van der Waals surface area (Å²) < 4.78 is 13.1. The number of hydrogen-bond donors (Lipinski definition) is 2. The molecule has 1 aliphatic rings.